The Kier molecular flexibility index (Phi) is 5.83. The highest BCUT2D eigenvalue weighted by atomic mass is 32.1. The predicted octanol–water partition coefficient (Wildman–Crippen LogP) is 4.27. The molecule has 0 aliphatic heterocycles. The van der Waals surface area contributed by atoms with Crippen molar-refractivity contribution in [2.45, 2.75) is 13.5 Å². The molecule has 0 unspecified atom stereocenters. The Morgan fingerprint density at radius 1 is 1.20 bits per heavy atom. The first-order valence-electron chi connectivity index (χ1n) is 10.5. The average Bonchev–Trinajstić information content (AvgIpc) is 3.47. The molecule has 0 spiro atoms. The van der Waals surface area contributed by atoms with Crippen LogP contribution in [0.1, 0.15) is 5.56 Å². The summed E-state index contributed by atoms with van der Waals surface area (Å²) < 4.78 is 25.1. The third-order valence-corrected chi connectivity index (χ3v) is 6.52. The zero-order chi connectivity index (χ0) is 24.5. The van der Waals surface area contributed by atoms with Gasteiger partial charge in [-0.1, -0.05) is 17.3 Å². The number of aryl methyl sites for hydroxylation is 1. The van der Waals surface area contributed by atoms with Gasteiger partial charge in [-0.3, -0.25) is 14.2 Å². The van der Waals surface area contributed by atoms with Crippen LogP contribution in [0, 0.1) is 12.7 Å². The van der Waals surface area contributed by atoms with Crippen molar-refractivity contribution >= 4 is 33.1 Å². The van der Waals surface area contributed by atoms with Gasteiger partial charge in [0.15, 0.2) is 0 Å². The van der Waals surface area contributed by atoms with Crippen LogP contribution in [0.25, 0.3) is 32.4 Å². The smallest absolute Gasteiger partial charge is 0.268 e. The molecule has 1 N–H and O–H groups in total. The van der Waals surface area contributed by atoms with E-state index in [1.807, 2.05) is 0 Å². The van der Waals surface area contributed by atoms with E-state index in [0.717, 1.165) is 0 Å². The Hall–Kier alpha value is -4.38. The number of anilines is 1. The predicted molar refractivity (Wildman–Crippen MR) is 129 cm³/mol. The maximum Gasteiger partial charge on any atom is 0.268 e. The minimum absolute atomic E-state index is 0.223. The van der Waals surface area contributed by atoms with E-state index in [4.69, 9.17) is 9.26 Å². The molecule has 0 saturated heterocycles. The topological polar surface area (TPSA) is 112 Å². The molecule has 0 aliphatic carbocycles. The highest BCUT2D eigenvalue weighted by Crippen LogP contribution is 2.35. The fourth-order valence-corrected chi connectivity index (χ4v) is 4.66. The van der Waals surface area contributed by atoms with Crippen LogP contribution in [0.15, 0.2) is 64.2 Å². The lowest BCUT2D eigenvalue weighted by molar-refractivity contribution is -0.116. The quantitative estimate of drug-likeness (QED) is 0.377. The first-order valence-corrected chi connectivity index (χ1v) is 11.3. The van der Waals surface area contributed by atoms with Gasteiger partial charge in [-0.25, -0.2) is 9.37 Å². The summed E-state index contributed by atoms with van der Waals surface area (Å²) in [5, 5.41) is 7.09. The lowest BCUT2D eigenvalue weighted by Gasteiger charge is -2.10. The molecular weight excluding hydrogens is 473 g/mol. The zero-order valence-corrected chi connectivity index (χ0v) is 19.4. The third kappa shape index (κ3) is 4.28. The van der Waals surface area contributed by atoms with Crippen molar-refractivity contribution in [3.05, 3.63) is 76.6 Å². The molecule has 0 atom stereocenters. The normalized spacial score (nSPS) is 11.1. The number of carbonyl (C=O) groups is 1. The summed E-state index contributed by atoms with van der Waals surface area (Å²) in [7, 11) is 1.51. The molecule has 0 aliphatic rings. The summed E-state index contributed by atoms with van der Waals surface area (Å²) in [5.74, 6) is 0.281. The number of nitrogens with zero attached hydrogens (tertiary/aromatic N) is 4. The number of ether oxygens (including phenoxy) is 1. The van der Waals surface area contributed by atoms with Crippen molar-refractivity contribution < 1.29 is 18.4 Å². The summed E-state index contributed by atoms with van der Waals surface area (Å²) in [6.07, 6.45) is 1.34. The number of methoxy groups -OCH3 is 1. The second kappa shape index (κ2) is 9.11. The van der Waals surface area contributed by atoms with Gasteiger partial charge in [0.1, 0.15) is 22.9 Å². The average molecular weight is 492 g/mol. The molecule has 1 amide bonds. The number of halogens is 1. The van der Waals surface area contributed by atoms with Crippen molar-refractivity contribution in [1.29, 1.82) is 0 Å². The lowest BCUT2D eigenvalue weighted by atomic mass is 10.2. The van der Waals surface area contributed by atoms with Crippen LogP contribution >= 0.6 is 11.3 Å². The van der Waals surface area contributed by atoms with Gasteiger partial charge in [0, 0.05) is 5.56 Å². The number of benzene rings is 2. The minimum Gasteiger partial charge on any atom is -0.495 e. The Morgan fingerprint density at radius 2 is 1.97 bits per heavy atom. The fraction of sp³-hybridized carbons (Fsp3) is 0.125. The number of fused-ring (bicyclic) bond motifs is 1. The van der Waals surface area contributed by atoms with Gasteiger partial charge < -0.3 is 14.6 Å². The van der Waals surface area contributed by atoms with E-state index >= 15 is 0 Å². The number of thiophene rings is 1. The highest BCUT2D eigenvalue weighted by molar-refractivity contribution is 7.22. The molecule has 0 saturated carbocycles. The number of aromatic nitrogens is 4. The molecular formula is C24H18FN5O4S. The van der Waals surface area contributed by atoms with Gasteiger partial charge in [0.05, 0.1) is 29.4 Å². The molecule has 5 aromatic rings. The summed E-state index contributed by atoms with van der Waals surface area (Å²) in [4.78, 5) is 35.6. The molecule has 2 aromatic carbocycles. The van der Waals surface area contributed by atoms with Gasteiger partial charge >= 0.3 is 0 Å². The molecule has 5 rings (SSSR count). The van der Waals surface area contributed by atoms with E-state index in [-0.39, 0.29) is 23.8 Å². The van der Waals surface area contributed by atoms with Gasteiger partial charge in [-0.15, -0.1) is 11.3 Å². The first-order chi connectivity index (χ1) is 16.9. The molecule has 0 fully saturated rings. The van der Waals surface area contributed by atoms with Crippen molar-refractivity contribution in [1.82, 2.24) is 19.7 Å². The molecule has 176 valence electrons. The third-order valence-electron chi connectivity index (χ3n) is 5.33. The molecule has 3 aromatic heterocycles. The van der Waals surface area contributed by atoms with E-state index in [0.29, 0.717) is 43.5 Å². The second-order valence-electron chi connectivity index (χ2n) is 7.59. The second-order valence-corrected chi connectivity index (χ2v) is 8.59. The highest BCUT2D eigenvalue weighted by Gasteiger charge is 2.21. The summed E-state index contributed by atoms with van der Waals surface area (Å²) in [5.41, 5.74) is 1.37. The van der Waals surface area contributed by atoms with E-state index in [2.05, 4.69) is 20.4 Å². The van der Waals surface area contributed by atoms with Crippen molar-refractivity contribution in [3.63, 3.8) is 0 Å². The van der Waals surface area contributed by atoms with E-state index < -0.39 is 5.91 Å². The Bertz CT molecular complexity index is 1610. The largest absolute Gasteiger partial charge is 0.495 e. The van der Waals surface area contributed by atoms with Crippen LogP contribution in [0.5, 0.6) is 5.75 Å². The van der Waals surface area contributed by atoms with Crippen molar-refractivity contribution in [2.24, 2.45) is 0 Å². The van der Waals surface area contributed by atoms with Crippen LogP contribution in [-0.4, -0.2) is 32.7 Å². The first kappa shape index (κ1) is 22.4. The minimum atomic E-state index is -0.397. The number of carbonyl (C=O) groups excluding carboxylic acids is 1. The maximum absolute atomic E-state index is 13.2. The molecule has 35 heavy (non-hydrogen) atoms. The summed E-state index contributed by atoms with van der Waals surface area (Å²) in [6, 6.07) is 12.7. The van der Waals surface area contributed by atoms with Crippen LogP contribution in [0.3, 0.4) is 0 Å². The molecule has 0 radical (unpaired) electrons. The Labute approximate surface area is 201 Å². The molecule has 11 heteroatoms. The number of rotatable bonds is 6. The SMILES string of the molecule is COc1ccccc1NC(=O)Cn1cnc2sc(-c3nc(-c4ccc(F)cc4)no3)c(C)c2c1=O. The standard InChI is InChI=1S/C24H18FN5O4S/c1-13-19-23(35-20(13)22-28-21(29-34-22)14-7-9-15(25)10-8-14)26-12-30(24(19)32)11-18(31)27-16-5-3-4-6-17(16)33-2/h3-10,12H,11H2,1-2H3,(H,27,31). The number of hydrogen-bond acceptors (Lipinski definition) is 8. The summed E-state index contributed by atoms with van der Waals surface area (Å²) in [6.45, 7) is 1.54. The van der Waals surface area contributed by atoms with Crippen LogP contribution in [-0.2, 0) is 11.3 Å². The van der Waals surface area contributed by atoms with Gasteiger partial charge in [-0.05, 0) is 48.9 Å². The maximum atomic E-state index is 13.2. The monoisotopic (exact) mass is 491 g/mol. The Balaban J connectivity index is 1.43. The molecule has 9 nitrogen and oxygen atoms in total. The van der Waals surface area contributed by atoms with E-state index in [9.17, 15) is 14.0 Å². The molecule has 0 bridgehead atoms. The molecule has 3 heterocycles. The van der Waals surface area contributed by atoms with E-state index in [1.54, 1.807) is 43.3 Å². The zero-order valence-electron chi connectivity index (χ0n) is 18.6. The number of amides is 1. The van der Waals surface area contributed by atoms with Crippen LogP contribution in [0.2, 0.25) is 0 Å². The number of nitrogens with one attached hydrogen (secondary N) is 1. The number of hydrogen-bond donors (Lipinski definition) is 1. The van der Waals surface area contributed by atoms with Gasteiger partial charge in [-0.2, -0.15) is 4.98 Å². The van der Waals surface area contributed by atoms with Crippen LogP contribution < -0.4 is 15.6 Å². The fourth-order valence-electron chi connectivity index (χ4n) is 3.60. The number of para-hydroxylation sites is 2. The van der Waals surface area contributed by atoms with Crippen molar-refractivity contribution in [3.8, 4) is 27.9 Å². The lowest BCUT2D eigenvalue weighted by Crippen LogP contribution is -2.28. The van der Waals surface area contributed by atoms with E-state index in [1.165, 1.54) is 41.5 Å². The van der Waals surface area contributed by atoms with Gasteiger partial charge in [0.2, 0.25) is 11.7 Å². The summed E-state index contributed by atoms with van der Waals surface area (Å²) >= 11 is 1.24. The van der Waals surface area contributed by atoms with Crippen molar-refractivity contribution in [2.75, 3.05) is 12.4 Å². The van der Waals surface area contributed by atoms with Gasteiger partial charge in [0.25, 0.3) is 11.4 Å². The Morgan fingerprint density at radius 3 is 2.74 bits per heavy atom. The van der Waals surface area contributed by atoms with Crippen LogP contribution in [0.4, 0.5) is 10.1 Å².